The zero-order valence-corrected chi connectivity index (χ0v) is 21.0. The molecule has 0 aromatic rings. The predicted octanol–water partition coefficient (Wildman–Crippen LogP) is 6.89. The first-order valence-corrected chi connectivity index (χ1v) is 12.8. The van der Waals surface area contributed by atoms with E-state index in [4.69, 9.17) is 4.74 Å². The van der Waals surface area contributed by atoms with Gasteiger partial charge >= 0.3 is 5.97 Å². The monoisotopic (exact) mass is 428 g/mol. The molecule has 2 fully saturated rings. The Balaban J connectivity index is 1.71. The van der Waals surface area contributed by atoms with Crippen LogP contribution in [0.4, 0.5) is 0 Å². The molecule has 4 rings (SSSR count). The Bertz CT molecular complexity index is 794. The molecule has 2 saturated carbocycles. The van der Waals surface area contributed by atoms with Gasteiger partial charge in [0.15, 0.2) is 0 Å². The molecule has 0 bridgehead atoms. The Morgan fingerprint density at radius 3 is 2.39 bits per heavy atom. The van der Waals surface area contributed by atoms with Crippen molar-refractivity contribution < 1.29 is 14.3 Å². The number of aldehydes is 1. The minimum atomic E-state index is -0.139. The van der Waals surface area contributed by atoms with E-state index in [9.17, 15) is 9.59 Å². The second-order valence-corrected chi connectivity index (χ2v) is 12.7. The molecule has 4 aliphatic rings. The van der Waals surface area contributed by atoms with E-state index in [1.807, 2.05) is 0 Å². The van der Waals surface area contributed by atoms with Crippen LogP contribution in [-0.4, -0.2) is 18.4 Å². The first kappa shape index (κ1) is 23.1. The molecule has 3 heteroatoms. The lowest BCUT2D eigenvalue weighted by atomic mass is 9.43. The lowest BCUT2D eigenvalue weighted by molar-refractivity contribution is -0.167. The van der Waals surface area contributed by atoms with E-state index in [0.29, 0.717) is 29.6 Å². The molecule has 0 spiro atoms. The Kier molecular flexibility index (Phi) is 5.54. The van der Waals surface area contributed by atoms with Crippen LogP contribution in [0.3, 0.4) is 0 Å². The number of rotatable bonds is 4. The second kappa shape index (κ2) is 7.45. The summed E-state index contributed by atoms with van der Waals surface area (Å²) in [6.45, 7) is 16.2. The molecule has 0 radical (unpaired) electrons. The van der Waals surface area contributed by atoms with Crippen LogP contribution in [0.25, 0.3) is 0 Å². The number of fused-ring (bicyclic) bond motifs is 4. The van der Waals surface area contributed by atoms with Gasteiger partial charge in [-0.3, -0.25) is 4.79 Å². The Hall–Kier alpha value is -1.12. The van der Waals surface area contributed by atoms with E-state index < -0.39 is 0 Å². The first-order valence-electron chi connectivity index (χ1n) is 12.8. The van der Waals surface area contributed by atoms with Crippen LogP contribution >= 0.6 is 0 Å². The fraction of sp³-hybridized carbons (Fsp3) is 0.857. The van der Waals surface area contributed by atoms with Gasteiger partial charge in [0.25, 0.3) is 0 Å². The van der Waals surface area contributed by atoms with E-state index in [1.54, 1.807) is 18.1 Å². The van der Waals surface area contributed by atoms with Crippen LogP contribution in [0.15, 0.2) is 11.1 Å². The van der Waals surface area contributed by atoms with Crippen molar-refractivity contribution in [3.05, 3.63) is 11.1 Å². The highest BCUT2D eigenvalue weighted by Gasteiger charge is 2.63. The summed E-state index contributed by atoms with van der Waals surface area (Å²) in [4.78, 5) is 23.0. The highest BCUT2D eigenvalue weighted by atomic mass is 16.5. The van der Waals surface area contributed by atoms with Crippen molar-refractivity contribution in [2.24, 2.45) is 39.4 Å². The van der Waals surface area contributed by atoms with E-state index in [2.05, 4.69) is 41.5 Å². The van der Waals surface area contributed by atoms with Crippen LogP contribution < -0.4 is 0 Å². The van der Waals surface area contributed by atoms with Gasteiger partial charge in [0.1, 0.15) is 12.4 Å². The highest BCUT2D eigenvalue weighted by Crippen LogP contribution is 2.72. The van der Waals surface area contributed by atoms with Crippen LogP contribution in [0.2, 0.25) is 0 Å². The number of carbonyl (C=O) groups excluding carboxylic acids is 2. The summed E-state index contributed by atoms with van der Waals surface area (Å²) >= 11 is 0. The van der Waals surface area contributed by atoms with Crippen molar-refractivity contribution in [2.75, 3.05) is 0 Å². The van der Waals surface area contributed by atoms with Crippen molar-refractivity contribution in [3.8, 4) is 0 Å². The SMILES string of the molecule is CC(=O)O[C@H]1CC[C@]2(C)C3=C(CC[C@H]2C1(C)C)[C@]1(C)CC[C@H]([C@H](C)CC=O)[C@@]1(C)CC3. The fourth-order valence-corrected chi connectivity index (χ4v) is 9.34. The summed E-state index contributed by atoms with van der Waals surface area (Å²) in [7, 11) is 0. The molecule has 0 N–H and O–H groups in total. The number of hydrogen-bond acceptors (Lipinski definition) is 3. The van der Waals surface area contributed by atoms with Crippen molar-refractivity contribution in [1.29, 1.82) is 0 Å². The third-order valence-corrected chi connectivity index (χ3v) is 11.2. The minimum Gasteiger partial charge on any atom is -0.462 e. The summed E-state index contributed by atoms with van der Waals surface area (Å²) < 4.78 is 5.82. The van der Waals surface area contributed by atoms with E-state index >= 15 is 0 Å². The summed E-state index contributed by atoms with van der Waals surface area (Å²) in [5.74, 6) is 1.56. The molecule has 0 aromatic heterocycles. The molecular formula is C28H44O3. The maximum absolute atomic E-state index is 11.7. The van der Waals surface area contributed by atoms with Gasteiger partial charge in [0, 0.05) is 18.8 Å². The summed E-state index contributed by atoms with van der Waals surface area (Å²) in [5.41, 5.74) is 4.36. The fourth-order valence-electron chi connectivity index (χ4n) is 9.34. The molecule has 0 aromatic carbocycles. The standard InChI is InChI=1S/C28H44O3/c1-18(13-17-29)20-10-15-28(7)22-8-9-23-25(3,4)24(31-19(2)30)12-14-26(23,5)21(22)11-16-27(20,28)6/h17-18,20,23-24H,8-16H2,1-7H3/t18-,20-,23+,24+,26-,27-,28+/m1/s1. The lowest BCUT2D eigenvalue weighted by Gasteiger charge is -2.62. The third kappa shape index (κ3) is 3.11. The second-order valence-electron chi connectivity index (χ2n) is 12.7. The van der Waals surface area contributed by atoms with Crippen molar-refractivity contribution >= 4 is 12.3 Å². The van der Waals surface area contributed by atoms with E-state index in [1.165, 1.54) is 38.5 Å². The van der Waals surface area contributed by atoms with Gasteiger partial charge in [0.2, 0.25) is 0 Å². The molecule has 0 aliphatic heterocycles. The van der Waals surface area contributed by atoms with Crippen LogP contribution in [0.1, 0.15) is 106 Å². The average Bonchev–Trinajstić information content (AvgIpc) is 2.96. The summed E-state index contributed by atoms with van der Waals surface area (Å²) in [5, 5.41) is 0. The minimum absolute atomic E-state index is 0.00947. The summed E-state index contributed by atoms with van der Waals surface area (Å²) in [6.07, 6.45) is 11.4. The zero-order chi connectivity index (χ0) is 22.8. The van der Waals surface area contributed by atoms with Crippen LogP contribution in [-0.2, 0) is 14.3 Å². The van der Waals surface area contributed by atoms with Crippen molar-refractivity contribution in [3.63, 3.8) is 0 Å². The number of esters is 1. The van der Waals surface area contributed by atoms with E-state index in [0.717, 1.165) is 19.1 Å². The molecule has 0 unspecified atom stereocenters. The Morgan fingerprint density at radius 1 is 1.03 bits per heavy atom. The van der Waals surface area contributed by atoms with Crippen LogP contribution in [0.5, 0.6) is 0 Å². The van der Waals surface area contributed by atoms with Gasteiger partial charge in [-0.2, -0.15) is 0 Å². The number of ether oxygens (including phenoxy) is 1. The molecule has 31 heavy (non-hydrogen) atoms. The van der Waals surface area contributed by atoms with Gasteiger partial charge in [-0.1, -0.05) is 52.7 Å². The normalized spacial score (nSPS) is 44.7. The number of hydrogen-bond donors (Lipinski definition) is 0. The maximum atomic E-state index is 11.7. The molecule has 0 heterocycles. The topological polar surface area (TPSA) is 43.4 Å². The van der Waals surface area contributed by atoms with E-state index in [-0.39, 0.29) is 28.3 Å². The van der Waals surface area contributed by atoms with Gasteiger partial charge in [-0.25, -0.2) is 0 Å². The van der Waals surface area contributed by atoms with Gasteiger partial charge < -0.3 is 9.53 Å². The first-order chi connectivity index (χ1) is 14.4. The average molecular weight is 429 g/mol. The van der Waals surface area contributed by atoms with Crippen LogP contribution in [0, 0.1) is 39.4 Å². The predicted molar refractivity (Wildman–Crippen MR) is 124 cm³/mol. The smallest absolute Gasteiger partial charge is 0.302 e. The maximum Gasteiger partial charge on any atom is 0.302 e. The van der Waals surface area contributed by atoms with Crippen molar-refractivity contribution in [2.45, 2.75) is 112 Å². The quantitative estimate of drug-likeness (QED) is 0.278. The largest absolute Gasteiger partial charge is 0.462 e. The summed E-state index contributed by atoms with van der Waals surface area (Å²) in [6, 6.07) is 0. The molecule has 0 saturated heterocycles. The van der Waals surface area contributed by atoms with Crippen molar-refractivity contribution in [1.82, 2.24) is 0 Å². The number of carbonyl (C=O) groups is 2. The molecule has 4 aliphatic carbocycles. The molecule has 7 atom stereocenters. The highest BCUT2D eigenvalue weighted by molar-refractivity contribution is 5.66. The third-order valence-electron chi connectivity index (χ3n) is 11.2. The van der Waals surface area contributed by atoms with Gasteiger partial charge in [-0.05, 0) is 85.4 Å². The molecule has 3 nitrogen and oxygen atoms in total. The lowest BCUT2D eigenvalue weighted by Crippen LogP contribution is -2.55. The Morgan fingerprint density at radius 2 is 1.74 bits per heavy atom. The molecule has 0 amide bonds. The van der Waals surface area contributed by atoms with Gasteiger partial charge in [0.05, 0.1) is 0 Å². The zero-order valence-electron chi connectivity index (χ0n) is 21.0. The Labute approximate surface area is 189 Å². The molecular weight excluding hydrogens is 384 g/mol. The molecule has 174 valence electrons. The van der Waals surface area contributed by atoms with Gasteiger partial charge in [-0.15, -0.1) is 0 Å². The number of allylic oxidation sites excluding steroid dienone is 2.